The summed E-state index contributed by atoms with van der Waals surface area (Å²) in [6.07, 6.45) is 5.46. The molecule has 3 aromatic rings. The van der Waals surface area contributed by atoms with Gasteiger partial charge >= 0.3 is 6.09 Å². The number of hydrogen-bond acceptors (Lipinski definition) is 5. The van der Waals surface area contributed by atoms with E-state index in [-0.39, 0.29) is 12.0 Å². The highest BCUT2D eigenvalue weighted by atomic mass is 16.5. The van der Waals surface area contributed by atoms with E-state index in [0.717, 1.165) is 23.1 Å². The van der Waals surface area contributed by atoms with Crippen LogP contribution in [-0.2, 0) is 16.8 Å². The van der Waals surface area contributed by atoms with Crippen molar-refractivity contribution in [3.8, 4) is 28.4 Å². The lowest BCUT2D eigenvalue weighted by molar-refractivity contribution is 0.155. The van der Waals surface area contributed by atoms with Gasteiger partial charge in [-0.2, -0.15) is 0 Å². The molecular weight excluding hydrogens is 478 g/mol. The van der Waals surface area contributed by atoms with Crippen molar-refractivity contribution in [3.63, 3.8) is 0 Å². The number of ether oxygens (including phenoxy) is 4. The largest absolute Gasteiger partial charge is 0.496 e. The van der Waals surface area contributed by atoms with Gasteiger partial charge in [-0.1, -0.05) is 76.8 Å². The molecule has 0 heterocycles. The number of hydrogen-bond donors (Lipinski definition) is 1. The minimum atomic E-state index is -0.538. The van der Waals surface area contributed by atoms with Crippen molar-refractivity contribution < 1.29 is 23.7 Å². The summed E-state index contributed by atoms with van der Waals surface area (Å²) >= 11 is 0. The third-order valence-electron chi connectivity index (χ3n) is 6.87. The molecule has 38 heavy (non-hydrogen) atoms. The van der Waals surface area contributed by atoms with E-state index >= 15 is 0 Å². The zero-order valence-electron chi connectivity index (χ0n) is 23.6. The van der Waals surface area contributed by atoms with Crippen LogP contribution in [0.2, 0.25) is 0 Å². The van der Waals surface area contributed by atoms with Crippen molar-refractivity contribution in [2.24, 2.45) is 0 Å². The summed E-state index contributed by atoms with van der Waals surface area (Å²) < 4.78 is 22.8. The van der Waals surface area contributed by atoms with Crippen LogP contribution in [0.15, 0.2) is 60.7 Å². The third kappa shape index (κ3) is 7.44. The average molecular weight is 520 g/mol. The van der Waals surface area contributed by atoms with Crippen LogP contribution in [0.4, 0.5) is 10.5 Å². The number of methoxy groups -OCH3 is 3. The Balaban J connectivity index is 1.85. The lowest BCUT2D eigenvalue weighted by atomic mass is 9.79. The maximum Gasteiger partial charge on any atom is 0.411 e. The molecule has 0 aliphatic rings. The van der Waals surface area contributed by atoms with Gasteiger partial charge in [0.1, 0.15) is 23.9 Å². The molecule has 0 fully saturated rings. The molecule has 1 amide bonds. The first-order valence-corrected chi connectivity index (χ1v) is 13.3. The van der Waals surface area contributed by atoms with Crippen molar-refractivity contribution in [3.05, 3.63) is 71.8 Å². The number of nitrogens with one attached hydrogen (secondary N) is 1. The average Bonchev–Trinajstić information content (AvgIpc) is 2.94. The van der Waals surface area contributed by atoms with E-state index in [2.05, 4.69) is 38.2 Å². The Hall–Kier alpha value is -3.67. The van der Waals surface area contributed by atoms with E-state index in [9.17, 15) is 4.79 Å². The Morgan fingerprint density at radius 2 is 1.47 bits per heavy atom. The van der Waals surface area contributed by atoms with Crippen LogP contribution >= 0.6 is 0 Å². The van der Waals surface area contributed by atoms with E-state index < -0.39 is 6.09 Å². The molecule has 0 unspecified atom stereocenters. The zero-order chi connectivity index (χ0) is 27.5. The molecule has 3 rings (SSSR count). The monoisotopic (exact) mass is 519 g/mol. The van der Waals surface area contributed by atoms with Crippen molar-refractivity contribution in [2.45, 2.75) is 64.9 Å². The SMILES string of the molecule is CCCCCCC(C)(C)c1cc(OC)c(-c2ccc(NC(=O)OCc3ccccc3)cc2OC)c(OC)c1. The first-order valence-electron chi connectivity index (χ1n) is 13.3. The van der Waals surface area contributed by atoms with Crippen LogP contribution in [0.3, 0.4) is 0 Å². The zero-order valence-corrected chi connectivity index (χ0v) is 23.6. The maximum atomic E-state index is 12.4. The Kier molecular flexibility index (Phi) is 10.5. The second-order valence-corrected chi connectivity index (χ2v) is 10.1. The number of amides is 1. The van der Waals surface area contributed by atoms with Gasteiger partial charge in [0.15, 0.2) is 0 Å². The summed E-state index contributed by atoms with van der Waals surface area (Å²) in [5, 5.41) is 2.78. The van der Waals surface area contributed by atoms with Crippen LogP contribution in [0.25, 0.3) is 11.1 Å². The van der Waals surface area contributed by atoms with Crippen LogP contribution in [0.5, 0.6) is 17.2 Å². The fraction of sp³-hybridized carbons (Fsp3) is 0.406. The quantitative estimate of drug-likeness (QED) is 0.230. The van der Waals surface area contributed by atoms with Gasteiger partial charge in [0, 0.05) is 17.3 Å². The second kappa shape index (κ2) is 13.8. The van der Waals surface area contributed by atoms with E-state index in [1.54, 1.807) is 27.4 Å². The first-order chi connectivity index (χ1) is 18.3. The fourth-order valence-electron chi connectivity index (χ4n) is 4.56. The van der Waals surface area contributed by atoms with Gasteiger partial charge in [0.05, 0.1) is 26.9 Å². The predicted molar refractivity (Wildman–Crippen MR) is 154 cm³/mol. The van der Waals surface area contributed by atoms with Gasteiger partial charge in [-0.15, -0.1) is 0 Å². The summed E-state index contributed by atoms with van der Waals surface area (Å²) in [5.74, 6) is 2.00. The number of benzene rings is 3. The van der Waals surface area contributed by atoms with Crippen molar-refractivity contribution in [1.82, 2.24) is 0 Å². The number of carbonyl (C=O) groups excluding carboxylic acids is 1. The Morgan fingerprint density at radius 3 is 2.08 bits per heavy atom. The minimum absolute atomic E-state index is 0.0230. The predicted octanol–water partition coefficient (Wildman–Crippen LogP) is 8.38. The molecule has 3 aromatic carbocycles. The molecule has 6 heteroatoms. The van der Waals surface area contributed by atoms with Crippen LogP contribution in [0.1, 0.15) is 64.0 Å². The number of anilines is 1. The molecule has 0 aliphatic carbocycles. The highest BCUT2D eigenvalue weighted by Crippen LogP contribution is 2.46. The van der Waals surface area contributed by atoms with Gasteiger partial charge in [-0.05, 0) is 47.2 Å². The summed E-state index contributed by atoms with van der Waals surface area (Å²) in [5.41, 5.74) is 4.23. The first kappa shape index (κ1) is 28.9. The van der Waals surface area contributed by atoms with Crippen molar-refractivity contribution in [1.29, 1.82) is 0 Å². The van der Waals surface area contributed by atoms with Crippen molar-refractivity contribution in [2.75, 3.05) is 26.6 Å². The van der Waals surface area contributed by atoms with E-state index in [1.807, 2.05) is 42.5 Å². The summed E-state index contributed by atoms with van der Waals surface area (Å²) in [6.45, 7) is 6.96. The van der Waals surface area contributed by atoms with Gasteiger partial charge in [-0.25, -0.2) is 4.79 Å². The molecule has 0 spiro atoms. The lowest BCUT2D eigenvalue weighted by Crippen LogP contribution is -2.17. The maximum absolute atomic E-state index is 12.4. The lowest BCUT2D eigenvalue weighted by Gasteiger charge is -2.28. The smallest absolute Gasteiger partial charge is 0.411 e. The molecule has 0 aromatic heterocycles. The molecule has 0 saturated carbocycles. The highest BCUT2D eigenvalue weighted by molar-refractivity contribution is 5.88. The molecule has 0 aliphatic heterocycles. The molecule has 0 atom stereocenters. The van der Waals surface area contributed by atoms with Gasteiger partial charge in [-0.3, -0.25) is 5.32 Å². The molecule has 0 saturated heterocycles. The number of rotatable bonds is 13. The highest BCUT2D eigenvalue weighted by Gasteiger charge is 2.26. The Bertz CT molecular complexity index is 1160. The Labute approximate surface area is 227 Å². The van der Waals surface area contributed by atoms with Gasteiger partial charge in [0.2, 0.25) is 0 Å². The Morgan fingerprint density at radius 1 is 0.816 bits per heavy atom. The topological polar surface area (TPSA) is 66.0 Å². The standard InChI is InChI=1S/C32H41NO5/c1-7-8-9-13-18-32(2,3)24-19-28(36-5)30(29(20-24)37-6)26-17-16-25(21-27(26)35-4)33-31(34)38-22-23-14-11-10-12-15-23/h10-12,14-17,19-21H,7-9,13,18,22H2,1-6H3,(H,33,34). The number of unbranched alkanes of at least 4 members (excludes halogenated alkanes) is 3. The van der Waals surface area contributed by atoms with Crippen LogP contribution in [-0.4, -0.2) is 27.4 Å². The molecular formula is C32H41NO5. The molecule has 6 nitrogen and oxygen atoms in total. The van der Waals surface area contributed by atoms with Crippen molar-refractivity contribution >= 4 is 11.8 Å². The number of carbonyl (C=O) groups is 1. The molecule has 204 valence electrons. The summed E-state index contributed by atoms with van der Waals surface area (Å²) in [4.78, 5) is 12.4. The molecule has 1 N–H and O–H groups in total. The molecule has 0 bridgehead atoms. The fourth-order valence-corrected chi connectivity index (χ4v) is 4.56. The van der Waals surface area contributed by atoms with Crippen LogP contribution < -0.4 is 19.5 Å². The van der Waals surface area contributed by atoms with Gasteiger partial charge < -0.3 is 18.9 Å². The summed E-state index contributed by atoms with van der Waals surface area (Å²) in [6, 6.07) is 19.2. The van der Waals surface area contributed by atoms with Gasteiger partial charge in [0.25, 0.3) is 0 Å². The van der Waals surface area contributed by atoms with E-state index in [4.69, 9.17) is 18.9 Å². The van der Waals surface area contributed by atoms with E-state index in [1.165, 1.54) is 31.2 Å². The van der Waals surface area contributed by atoms with Crippen LogP contribution in [0, 0.1) is 0 Å². The van der Waals surface area contributed by atoms with E-state index in [0.29, 0.717) is 22.9 Å². The normalized spacial score (nSPS) is 11.1. The molecule has 0 radical (unpaired) electrons. The third-order valence-corrected chi connectivity index (χ3v) is 6.87. The second-order valence-electron chi connectivity index (χ2n) is 10.1. The minimum Gasteiger partial charge on any atom is -0.496 e. The summed E-state index contributed by atoms with van der Waals surface area (Å²) in [7, 11) is 4.94.